The Kier molecular flexibility index (Phi) is 5.27. The molecule has 1 heterocycles. The molecule has 0 bridgehead atoms. The van der Waals surface area contributed by atoms with Gasteiger partial charge in [-0.05, 0) is 29.1 Å². The lowest BCUT2D eigenvalue weighted by Crippen LogP contribution is -2.15. The zero-order valence-corrected chi connectivity index (χ0v) is 12.5. The van der Waals surface area contributed by atoms with Gasteiger partial charge >= 0.3 is 6.18 Å². The largest absolute Gasteiger partial charge is 0.414 e. The Bertz CT molecular complexity index is 496. The van der Waals surface area contributed by atoms with E-state index in [2.05, 4.69) is 6.58 Å². The first-order chi connectivity index (χ1) is 9.48. The Balaban J connectivity index is 2.23. The number of allylic oxidation sites excluding steroid dienone is 2. The van der Waals surface area contributed by atoms with Crippen LogP contribution in [0.5, 0.6) is 0 Å². The molecular weight excluding hydrogens is 301 g/mol. The number of thioether (sulfide) groups is 2. The van der Waals surface area contributed by atoms with Crippen molar-refractivity contribution < 1.29 is 13.2 Å². The van der Waals surface area contributed by atoms with Gasteiger partial charge in [0.1, 0.15) is 0 Å². The van der Waals surface area contributed by atoms with Crippen molar-refractivity contribution in [3.63, 3.8) is 0 Å². The van der Waals surface area contributed by atoms with E-state index in [1.54, 1.807) is 12.1 Å². The Morgan fingerprint density at radius 3 is 2.25 bits per heavy atom. The molecule has 108 valence electrons. The van der Waals surface area contributed by atoms with Crippen LogP contribution in [-0.2, 0) is 0 Å². The average Bonchev–Trinajstić information content (AvgIpc) is 2.45. The van der Waals surface area contributed by atoms with Gasteiger partial charge in [-0.25, -0.2) is 0 Å². The van der Waals surface area contributed by atoms with Crippen LogP contribution in [0, 0.1) is 0 Å². The summed E-state index contributed by atoms with van der Waals surface area (Å²) in [5, 5.41) is 0. The van der Waals surface area contributed by atoms with Crippen molar-refractivity contribution in [2.75, 3.05) is 11.5 Å². The maximum atomic E-state index is 13.3. The Labute approximate surface area is 125 Å². The Hall–Kier alpha value is -0.810. The minimum absolute atomic E-state index is 0.136. The van der Waals surface area contributed by atoms with Gasteiger partial charge < -0.3 is 0 Å². The van der Waals surface area contributed by atoms with Crippen molar-refractivity contribution >= 4 is 29.1 Å². The zero-order chi connectivity index (χ0) is 14.6. The summed E-state index contributed by atoms with van der Waals surface area (Å²) < 4.78 is 40.2. The molecule has 1 aliphatic heterocycles. The molecule has 0 aromatic heterocycles. The highest BCUT2D eigenvalue weighted by Gasteiger charge is 2.37. The predicted octanol–water partition coefficient (Wildman–Crippen LogP) is 5.73. The third kappa shape index (κ3) is 4.09. The Morgan fingerprint density at radius 2 is 1.70 bits per heavy atom. The van der Waals surface area contributed by atoms with Crippen molar-refractivity contribution in [3.05, 3.63) is 52.3 Å². The second kappa shape index (κ2) is 6.76. The highest BCUT2D eigenvalue weighted by molar-refractivity contribution is 8.22. The van der Waals surface area contributed by atoms with Crippen molar-refractivity contribution in [1.82, 2.24) is 0 Å². The van der Waals surface area contributed by atoms with E-state index < -0.39 is 11.7 Å². The van der Waals surface area contributed by atoms with E-state index in [0.29, 0.717) is 9.81 Å². The van der Waals surface area contributed by atoms with Gasteiger partial charge in [0.2, 0.25) is 0 Å². The van der Waals surface area contributed by atoms with E-state index in [1.807, 2.05) is 18.2 Å². The van der Waals surface area contributed by atoms with Crippen molar-refractivity contribution in [2.45, 2.75) is 19.0 Å². The van der Waals surface area contributed by atoms with Crippen molar-refractivity contribution in [2.24, 2.45) is 0 Å². The molecule has 0 saturated carbocycles. The van der Waals surface area contributed by atoms with Gasteiger partial charge in [-0.15, -0.1) is 23.5 Å². The number of hydrogen-bond acceptors (Lipinski definition) is 2. The third-order valence-corrected chi connectivity index (χ3v) is 5.63. The lowest BCUT2D eigenvalue weighted by molar-refractivity contribution is -0.0926. The predicted molar refractivity (Wildman–Crippen MR) is 82.7 cm³/mol. The molecule has 1 aromatic carbocycles. The molecule has 0 aliphatic carbocycles. The van der Waals surface area contributed by atoms with Crippen LogP contribution >= 0.6 is 23.5 Å². The van der Waals surface area contributed by atoms with Gasteiger partial charge in [-0.3, -0.25) is 0 Å². The fourth-order valence-electron chi connectivity index (χ4n) is 1.88. The molecule has 0 atom stereocenters. The molecule has 1 saturated heterocycles. The normalized spacial score (nSPS) is 16.1. The smallest absolute Gasteiger partial charge is 0.166 e. The molecule has 0 unspecified atom stereocenters. The topological polar surface area (TPSA) is 0 Å². The van der Waals surface area contributed by atoms with Gasteiger partial charge in [-0.2, -0.15) is 13.2 Å². The van der Waals surface area contributed by atoms with Crippen LogP contribution in [0.1, 0.15) is 18.4 Å². The quantitative estimate of drug-likeness (QED) is 0.698. The summed E-state index contributed by atoms with van der Waals surface area (Å²) in [6, 6.07) is 9.05. The number of halogens is 3. The van der Waals surface area contributed by atoms with Gasteiger partial charge in [0.05, 0.1) is 5.57 Å². The fraction of sp³-hybridized carbons (Fsp3) is 0.333. The van der Waals surface area contributed by atoms with Crippen LogP contribution in [0.15, 0.2) is 46.7 Å². The van der Waals surface area contributed by atoms with E-state index in [-0.39, 0.29) is 6.42 Å². The van der Waals surface area contributed by atoms with Crippen LogP contribution in [-0.4, -0.2) is 17.7 Å². The minimum Gasteiger partial charge on any atom is -0.166 e. The van der Waals surface area contributed by atoms with Gasteiger partial charge in [0.25, 0.3) is 0 Å². The standard InChI is InChI=1S/C15H15F3S2/c1-11(12-6-3-2-4-7-12)10-13(15(16,17)18)14-19-8-5-9-20-14/h2-4,6-7H,1,5,8-10H2. The van der Waals surface area contributed by atoms with E-state index in [4.69, 9.17) is 0 Å². The van der Waals surface area contributed by atoms with Crippen LogP contribution in [0.25, 0.3) is 5.57 Å². The van der Waals surface area contributed by atoms with Crippen LogP contribution < -0.4 is 0 Å². The third-order valence-electron chi connectivity index (χ3n) is 2.92. The van der Waals surface area contributed by atoms with E-state index in [9.17, 15) is 13.2 Å². The number of alkyl halides is 3. The molecule has 2 rings (SSSR count). The second-order valence-corrected chi connectivity index (χ2v) is 6.93. The monoisotopic (exact) mass is 316 g/mol. The SMILES string of the molecule is C=C(CC(=C1SCCCS1)C(F)(F)F)c1ccccc1. The van der Waals surface area contributed by atoms with Crippen LogP contribution in [0.2, 0.25) is 0 Å². The second-order valence-electron chi connectivity index (χ2n) is 4.46. The first-order valence-corrected chi connectivity index (χ1v) is 8.25. The number of benzene rings is 1. The molecule has 1 aromatic rings. The van der Waals surface area contributed by atoms with Gasteiger partial charge in [0.15, 0.2) is 0 Å². The highest BCUT2D eigenvalue weighted by Crippen LogP contribution is 2.45. The number of hydrogen-bond donors (Lipinski definition) is 0. The molecule has 0 nitrogen and oxygen atoms in total. The lowest BCUT2D eigenvalue weighted by Gasteiger charge is -2.21. The molecule has 0 N–H and O–H groups in total. The van der Waals surface area contributed by atoms with Gasteiger partial charge in [-0.1, -0.05) is 36.9 Å². The molecule has 1 fully saturated rings. The summed E-state index contributed by atoms with van der Waals surface area (Å²) in [5.41, 5.74) is 0.832. The first-order valence-electron chi connectivity index (χ1n) is 6.27. The van der Waals surface area contributed by atoms with Crippen molar-refractivity contribution in [3.8, 4) is 0 Å². The summed E-state index contributed by atoms with van der Waals surface area (Å²) >= 11 is 2.63. The summed E-state index contributed by atoms with van der Waals surface area (Å²) in [6.45, 7) is 3.82. The van der Waals surface area contributed by atoms with Gasteiger partial charge in [0, 0.05) is 10.7 Å². The molecule has 5 heteroatoms. The summed E-state index contributed by atoms with van der Waals surface area (Å²) in [5.74, 6) is 1.53. The van der Waals surface area contributed by atoms with E-state index in [1.165, 1.54) is 23.5 Å². The fourth-order valence-corrected chi connectivity index (χ4v) is 4.57. The maximum Gasteiger partial charge on any atom is 0.414 e. The van der Waals surface area contributed by atoms with Crippen LogP contribution in [0.3, 0.4) is 0 Å². The minimum atomic E-state index is -4.29. The Morgan fingerprint density at radius 1 is 1.10 bits per heavy atom. The molecule has 1 aliphatic rings. The highest BCUT2D eigenvalue weighted by atomic mass is 32.2. The molecule has 0 amide bonds. The molecule has 0 spiro atoms. The molecule has 0 radical (unpaired) electrons. The summed E-state index contributed by atoms with van der Waals surface area (Å²) in [7, 11) is 0. The van der Waals surface area contributed by atoms with E-state index in [0.717, 1.165) is 23.5 Å². The average molecular weight is 316 g/mol. The number of rotatable bonds is 3. The molecule has 20 heavy (non-hydrogen) atoms. The lowest BCUT2D eigenvalue weighted by atomic mass is 10.0. The van der Waals surface area contributed by atoms with E-state index >= 15 is 0 Å². The van der Waals surface area contributed by atoms with Crippen LogP contribution in [0.4, 0.5) is 13.2 Å². The first kappa shape index (κ1) is 15.6. The summed E-state index contributed by atoms with van der Waals surface area (Å²) in [4.78, 5) is 0. The van der Waals surface area contributed by atoms with Crippen molar-refractivity contribution in [1.29, 1.82) is 0 Å². The maximum absolute atomic E-state index is 13.3. The zero-order valence-electron chi connectivity index (χ0n) is 10.9. The summed E-state index contributed by atoms with van der Waals surface area (Å²) in [6.07, 6.45) is -3.46. The molecular formula is C15H15F3S2.